The number of hydrogen-bond donors (Lipinski definition) is 4. The van der Waals surface area contributed by atoms with Gasteiger partial charge in [-0.3, -0.25) is 0 Å². The zero-order valence-electron chi connectivity index (χ0n) is 11.2. The van der Waals surface area contributed by atoms with Crippen LogP contribution in [0.25, 0.3) is 0 Å². The molecular formula is C12H22O7. The predicted molar refractivity (Wildman–Crippen MR) is 65.3 cm³/mol. The third kappa shape index (κ3) is 6.51. The van der Waals surface area contributed by atoms with Crippen molar-refractivity contribution in [1.82, 2.24) is 0 Å². The monoisotopic (exact) mass is 278 g/mol. The van der Waals surface area contributed by atoms with Gasteiger partial charge >= 0.3 is 11.9 Å². The molecule has 0 aliphatic rings. The Morgan fingerprint density at radius 2 is 1.63 bits per heavy atom. The summed E-state index contributed by atoms with van der Waals surface area (Å²) in [6.45, 7) is 3.66. The predicted octanol–water partition coefficient (Wildman–Crippen LogP) is -0.477. The highest BCUT2D eigenvalue weighted by molar-refractivity contribution is 5.84. The summed E-state index contributed by atoms with van der Waals surface area (Å²) in [5.74, 6) is -2.95. The fraction of sp³-hybridized carbons (Fsp3) is 0.833. The normalized spacial score (nSPS) is 17.3. The first-order chi connectivity index (χ1) is 8.83. The van der Waals surface area contributed by atoms with Crippen LogP contribution in [0.1, 0.15) is 33.1 Å². The van der Waals surface area contributed by atoms with Crippen LogP contribution in [0.5, 0.6) is 0 Å². The van der Waals surface area contributed by atoms with Crippen LogP contribution in [0, 0.1) is 5.92 Å². The summed E-state index contributed by atoms with van der Waals surface area (Å²) >= 11 is 0. The average molecular weight is 278 g/mol. The average Bonchev–Trinajstić information content (AvgIpc) is 2.40. The lowest BCUT2D eigenvalue weighted by molar-refractivity contribution is -0.170. The number of carbonyl (C=O) groups is 2. The molecule has 0 aromatic heterocycles. The molecule has 0 aromatic rings. The van der Waals surface area contributed by atoms with Gasteiger partial charge in [-0.05, 0) is 25.2 Å². The molecule has 0 heterocycles. The number of carbonyl (C=O) groups excluding carboxylic acids is 1. The minimum atomic E-state index is -2.20. The van der Waals surface area contributed by atoms with E-state index in [1.807, 2.05) is 13.8 Å². The Balaban J connectivity index is 4.22. The van der Waals surface area contributed by atoms with Crippen molar-refractivity contribution in [3.8, 4) is 0 Å². The number of ether oxygens (including phenoxy) is 1. The van der Waals surface area contributed by atoms with Gasteiger partial charge in [0.2, 0.25) is 0 Å². The third-order valence-corrected chi connectivity index (χ3v) is 2.91. The van der Waals surface area contributed by atoms with E-state index in [9.17, 15) is 19.8 Å². The molecule has 0 fully saturated rings. The van der Waals surface area contributed by atoms with E-state index in [0.717, 1.165) is 0 Å². The summed E-state index contributed by atoms with van der Waals surface area (Å²) in [6.07, 6.45) is -3.08. The molecule has 4 atom stereocenters. The lowest BCUT2D eigenvalue weighted by Crippen LogP contribution is -2.41. The molecule has 0 aromatic carbocycles. The Morgan fingerprint density at radius 3 is 2.05 bits per heavy atom. The molecular weight excluding hydrogens is 256 g/mol. The number of rotatable bonds is 9. The molecule has 0 spiro atoms. The van der Waals surface area contributed by atoms with Crippen molar-refractivity contribution in [2.24, 2.45) is 5.92 Å². The topological polar surface area (TPSA) is 124 Å². The Bertz CT molecular complexity index is 292. The maximum absolute atomic E-state index is 11.3. The van der Waals surface area contributed by atoms with Crippen LogP contribution < -0.4 is 0 Å². The fourth-order valence-corrected chi connectivity index (χ4v) is 1.45. The van der Waals surface area contributed by atoms with Gasteiger partial charge in [0.05, 0.1) is 12.7 Å². The second-order valence-electron chi connectivity index (χ2n) is 4.43. The molecule has 4 N–H and O–H groups in total. The smallest absolute Gasteiger partial charge is 0.338 e. The van der Waals surface area contributed by atoms with Gasteiger partial charge in [0.25, 0.3) is 0 Å². The second kappa shape index (κ2) is 8.84. The van der Waals surface area contributed by atoms with Crippen molar-refractivity contribution >= 4 is 11.9 Å². The number of carboxylic acids is 1. The van der Waals surface area contributed by atoms with Gasteiger partial charge < -0.3 is 25.2 Å². The van der Waals surface area contributed by atoms with Gasteiger partial charge in [0.1, 0.15) is 0 Å². The van der Waals surface area contributed by atoms with E-state index in [-0.39, 0.29) is 12.5 Å². The van der Waals surface area contributed by atoms with Crippen molar-refractivity contribution in [3.63, 3.8) is 0 Å². The Morgan fingerprint density at radius 1 is 1.05 bits per heavy atom. The summed E-state index contributed by atoms with van der Waals surface area (Å²) in [6, 6.07) is 0. The largest absolute Gasteiger partial charge is 0.479 e. The van der Waals surface area contributed by atoms with E-state index in [2.05, 4.69) is 0 Å². The number of aliphatic carboxylic acids is 1. The highest BCUT2D eigenvalue weighted by Gasteiger charge is 2.31. The fourth-order valence-electron chi connectivity index (χ4n) is 1.45. The molecule has 4 unspecified atom stereocenters. The van der Waals surface area contributed by atoms with Gasteiger partial charge in [-0.25, -0.2) is 9.59 Å². The summed E-state index contributed by atoms with van der Waals surface area (Å²) in [7, 11) is 0. The molecule has 0 aliphatic carbocycles. The first kappa shape index (κ1) is 17.8. The lowest BCUT2D eigenvalue weighted by Gasteiger charge is -2.19. The van der Waals surface area contributed by atoms with Gasteiger partial charge in [-0.2, -0.15) is 0 Å². The standard InChI is InChI=1S/C12H22O7/c1-3-7(5-8(13)4-2)6-19-12(18)10(15)9(14)11(16)17/h7-10,13-15H,3-6H2,1-2H3,(H,16,17). The number of aliphatic hydroxyl groups is 3. The lowest BCUT2D eigenvalue weighted by atomic mass is 9.98. The van der Waals surface area contributed by atoms with Gasteiger partial charge in [-0.1, -0.05) is 13.8 Å². The van der Waals surface area contributed by atoms with Gasteiger partial charge in [0, 0.05) is 0 Å². The quantitative estimate of drug-likeness (QED) is 0.420. The first-order valence-electron chi connectivity index (χ1n) is 6.27. The van der Waals surface area contributed by atoms with Crippen LogP contribution in [0.3, 0.4) is 0 Å². The van der Waals surface area contributed by atoms with Crippen molar-refractivity contribution < 1.29 is 34.8 Å². The summed E-state index contributed by atoms with van der Waals surface area (Å²) in [5, 5.41) is 36.1. The molecule has 0 saturated heterocycles. The van der Waals surface area contributed by atoms with E-state index in [0.29, 0.717) is 19.3 Å². The van der Waals surface area contributed by atoms with Crippen LogP contribution in [-0.2, 0) is 14.3 Å². The maximum Gasteiger partial charge on any atom is 0.338 e. The SMILES string of the molecule is CCC(O)CC(CC)COC(=O)C(O)C(O)C(=O)O. The van der Waals surface area contributed by atoms with Crippen molar-refractivity contribution in [3.05, 3.63) is 0 Å². The van der Waals surface area contributed by atoms with Crippen molar-refractivity contribution in [1.29, 1.82) is 0 Å². The van der Waals surface area contributed by atoms with E-state index in [1.54, 1.807) is 0 Å². The van der Waals surface area contributed by atoms with Gasteiger partial charge in [-0.15, -0.1) is 0 Å². The van der Waals surface area contributed by atoms with Crippen LogP contribution in [0.15, 0.2) is 0 Å². The number of hydrogen-bond acceptors (Lipinski definition) is 6. The summed E-state index contributed by atoms with van der Waals surface area (Å²) in [4.78, 5) is 21.7. The van der Waals surface area contributed by atoms with E-state index in [4.69, 9.17) is 14.9 Å². The Kier molecular flexibility index (Phi) is 8.29. The first-order valence-corrected chi connectivity index (χ1v) is 6.27. The molecule has 0 saturated carbocycles. The van der Waals surface area contributed by atoms with E-state index >= 15 is 0 Å². The number of carboxylic acid groups (broad SMARTS) is 1. The van der Waals surface area contributed by atoms with Gasteiger partial charge in [0.15, 0.2) is 12.2 Å². The highest BCUT2D eigenvalue weighted by Crippen LogP contribution is 2.14. The molecule has 0 amide bonds. The van der Waals surface area contributed by atoms with Crippen LogP contribution in [-0.4, -0.2) is 57.3 Å². The molecule has 112 valence electrons. The number of esters is 1. The minimum Gasteiger partial charge on any atom is -0.479 e. The third-order valence-electron chi connectivity index (χ3n) is 2.91. The zero-order valence-corrected chi connectivity index (χ0v) is 11.2. The van der Waals surface area contributed by atoms with Crippen LogP contribution in [0.2, 0.25) is 0 Å². The maximum atomic E-state index is 11.3. The van der Waals surface area contributed by atoms with Crippen molar-refractivity contribution in [2.45, 2.75) is 51.4 Å². The van der Waals surface area contributed by atoms with E-state index in [1.165, 1.54) is 0 Å². The Hall–Kier alpha value is -1.18. The Labute approximate surface area is 111 Å². The molecule has 0 bridgehead atoms. The molecule has 0 radical (unpaired) electrons. The van der Waals surface area contributed by atoms with Crippen molar-refractivity contribution in [2.75, 3.05) is 6.61 Å². The zero-order chi connectivity index (χ0) is 15.0. The second-order valence-corrected chi connectivity index (χ2v) is 4.43. The highest BCUT2D eigenvalue weighted by atomic mass is 16.6. The number of aliphatic hydroxyl groups excluding tert-OH is 3. The summed E-state index contributed by atoms with van der Waals surface area (Å²) < 4.78 is 4.75. The summed E-state index contributed by atoms with van der Waals surface area (Å²) in [5.41, 5.74) is 0. The molecule has 0 aliphatic heterocycles. The molecule has 19 heavy (non-hydrogen) atoms. The molecule has 0 rings (SSSR count). The minimum absolute atomic E-state index is 0.0320. The van der Waals surface area contributed by atoms with E-state index < -0.39 is 30.3 Å². The van der Waals surface area contributed by atoms with Crippen LogP contribution in [0.4, 0.5) is 0 Å². The molecule has 7 nitrogen and oxygen atoms in total. The molecule has 7 heteroatoms. The van der Waals surface area contributed by atoms with Crippen LogP contribution >= 0.6 is 0 Å².